The lowest BCUT2D eigenvalue weighted by Gasteiger charge is -2.32. The molecule has 0 amide bonds. The second kappa shape index (κ2) is 12.0. The van der Waals surface area contributed by atoms with Crippen LogP contribution in [0.1, 0.15) is 37.0 Å². The smallest absolute Gasteiger partial charge is 0.338 e. The number of methoxy groups -OCH3 is 2. The highest BCUT2D eigenvalue weighted by Crippen LogP contribution is 2.31. The van der Waals surface area contributed by atoms with E-state index >= 15 is 0 Å². The molecule has 0 N–H and O–H groups in total. The lowest BCUT2D eigenvalue weighted by molar-refractivity contribution is -0.384. The standard InChI is InChI=1S/C13H13NO6.C2H6O.C2H6/c1-19-12(15)9-6-11(7-9)20-13(16)8-2-4-10(5-3-8)14(17)18;1-3-2;1-2/h2-5,9,11H,6-7H2,1H3;1-2H3;1-2H3. The summed E-state index contributed by atoms with van der Waals surface area (Å²) in [7, 11) is 4.57. The van der Waals surface area contributed by atoms with Crippen molar-refractivity contribution in [2.24, 2.45) is 5.92 Å². The van der Waals surface area contributed by atoms with Gasteiger partial charge in [-0.3, -0.25) is 14.9 Å². The minimum Gasteiger partial charge on any atom is -0.469 e. The second-order valence-electron chi connectivity index (χ2n) is 4.93. The summed E-state index contributed by atoms with van der Waals surface area (Å²) in [4.78, 5) is 32.9. The average molecular weight is 355 g/mol. The first-order chi connectivity index (χ1) is 11.9. The van der Waals surface area contributed by atoms with E-state index in [2.05, 4.69) is 9.47 Å². The Kier molecular flexibility index (Phi) is 10.8. The van der Waals surface area contributed by atoms with Gasteiger partial charge in [-0.15, -0.1) is 0 Å². The highest BCUT2D eigenvalue weighted by Gasteiger charge is 2.37. The number of ether oxygens (including phenoxy) is 3. The van der Waals surface area contributed by atoms with E-state index in [1.54, 1.807) is 14.2 Å². The van der Waals surface area contributed by atoms with Crippen LogP contribution in [-0.4, -0.2) is 44.3 Å². The first-order valence-corrected chi connectivity index (χ1v) is 7.86. The summed E-state index contributed by atoms with van der Waals surface area (Å²) < 4.78 is 14.0. The van der Waals surface area contributed by atoms with Crippen molar-refractivity contribution in [3.63, 3.8) is 0 Å². The fourth-order valence-corrected chi connectivity index (χ4v) is 1.96. The first-order valence-electron chi connectivity index (χ1n) is 7.86. The van der Waals surface area contributed by atoms with Gasteiger partial charge in [0.1, 0.15) is 6.10 Å². The van der Waals surface area contributed by atoms with Crippen molar-refractivity contribution in [3.8, 4) is 0 Å². The van der Waals surface area contributed by atoms with E-state index in [9.17, 15) is 19.7 Å². The Morgan fingerprint density at radius 2 is 1.56 bits per heavy atom. The van der Waals surface area contributed by atoms with Gasteiger partial charge in [0.25, 0.3) is 5.69 Å². The number of benzene rings is 1. The third-order valence-corrected chi connectivity index (χ3v) is 3.22. The molecule has 1 aromatic rings. The van der Waals surface area contributed by atoms with Crippen LogP contribution in [0.25, 0.3) is 0 Å². The number of hydrogen-bond donors (Lipinski definition) is 0. The van der Waals surface area contributed by atoms with Gasteiger partial charge in [-0.2, -0.15) is 0 Å². The lowest BCUT2D eigenvalue weighted by atomic mass is 9.82. The van der Waals surface area contributed by atoms with Crippen LogP contribution in [0.15, 0.2) is 24.3 Å². The van der Waals surface area contributed by atoms with Crippen molar-refractivity contribution in [3.05, 3.63) is 39.9 Å². The average Bonchev–Trinajstić information content (AvgIpc) is 2.59. The molecule has 0 unspecified atom stereocenters. The van der Waals surface area contributed by atoms with Crippen LogP contribution >= 0.6 is 0 Å². The van der Waals surface area contributed by atoms with Gasteiger partial charge >= 0.3 is 11.9 Å². The highest BCUT2D eigenvalue weighted by molar-refractivity contribution is 5.89. The van der Waals surface area contributed by atoms with Gasteiger partial charge < -0.3 is 14.2 Å². The number of nitrogens with zero attached hydrogens (tertiary/aromatic N) is 1. The molecule has 0 atom stereocenters. The van der Waals surface area contributed by atoms with Crippen molar-refractivity contribution in [2.75, 3.05) is 21.3 Å². The van der Waals surface area contributed by atoms with Gasteiger partial charge in [0.15, 0.2) is 0 Å². The van der Waals surface area contributed by atoms with Crippen LogP contribution in [0.4, 0.5) is 5.69 Å². The molecule has 0 bridgehead atoms. The summed E-state index contributed by atoms with van der Waals surface area (Å²) in [6.07, 6.45) is 0.596. The second-order valence-corrected chi connectivity index (χ2v) is 4.93. The SMILES string of the molecule is CC.COC.COC(=O)C1CC(OC(=O)c2ccc([N+](=O)[O-])cc2)C1. The zero-order chi connectivity index (χ0) is 19.4. The van der Waals surface area contributed by atoms with Gasteiger partial charge in [-0.25, -0.2) is 4.79 Å². The number of nitro groups is 1. The maximum atomic E-state index is 11.8. The first kappa shape index (κ1) is 22.5. The molecule has 0 heterocycles. The number of esters is 2. The Hall–Kier alpha value is -2.48. The maximum absolute atomic E-state index is 11.8. The van der Waals surface area contributed by atoms with Gasteiger partial charge in [0.2, 0.25) is 0 Å². The predicted molar refractivity (Wildman–Crippen MR) is 91.3 cm³/mol. The highest BCUT2D eigenvalue weighted by atomic mass is 16.6. The van der Waals surface area contributed by atoms with Crippen molar-refractivity contribution in [1.29, 1.82) is 0 Å². The molecule has 25 heavy (non-hydrogen) atoms. The molecule has 1 aliphatic carbocycles. The summed E-state index contributed by atoms with van der Waals surface area (Å²) in [6, 6.07) is 5.18. The summed E-state index contributed by atoms with van der Waals surface area (Å²) in [5, 5.41) is 10.5. The minimum absolute atomic E-state index is 0.0871. The van der Waals surface area contributed by atoms with Crippen molar-refractivity contribution >= 4 is 17.6 Å². The monoisotopic (exact) mass is 355 g/mol. The maximum Gasteiger partial charge on any atom is 0.338 e. The molecule has 8 nitrogen and oxygen atoms in total. The van der Waals surface area contributed by atoms with Gasteiger partial charge in [0.05, 0.1) is 23.5 Å². The van der Waals surface area contributed by atoms with Crippen LogP contribution < -0.4 is 0 Å². The van der Waals surface area contributed by atoms with E-state index in [1.165, 1.54) is 31.4 Å². The minimum atomic E-state index is -0.548. The van der Waals surface area contributed by atoms with Crippen molar-refractivity contribution in [2.45, 2.75) is 32.8 Å². The number of carbonyl (C=O) groups is 2. The zero-order valence-corrected chi connectivity index (χ0v) is 15.2. The number of nitro benzene ring substituents is 1. The lowest BCUT2D eigenvalue weighted by Crippen LogP contribution is -2.38. The van der Waals surface area contributed by atoms with Crippen LogP contribution in [0.2, 0.25) is 0 Å². The molecule has 1 aliphatic rings. The molecule has 8 heteroatoms. The quantitative estimate of drug-likeness (QED) is 0.464. The van der Waals surface area contributed by atoms with E-state index in [0.717, 1.165) is 0 Å². The molecule has 1 aromatic carbocycles. The summed E-state index contributed by atoms with van der Waals surface area (Å²) in [6.45, 7) is 4.00. The molecule has 0 aromatic heterocycles. The third kappa shape index (κ3) is 7.30. The van der Waals surface area contributed by atoms with E-state index in [-0.39, 0.29) is 29.2 Å². The van der Waals surface area contributed by atoms with E-state index < -0.39 is 10.9 Å². The molecule has 140 valence electrons. The Bertz CT molecular complexity index is 551. The molecular weight excluding hydrogens is 330 g/mol. The predicted octanol–water partition coefficient (Wildman–Crippen LogP) is 2.99. The van der Waals surface area contributed by atoms with Crippen LogP contribution in [0.3, 0.4) is 0 Å². The Morgan fingerprint density at radius 1 is 1.08 bits per heavy atom. The van der Waals surface area contributed by atoms with Gasteiger partial charge in [-0.05, 0) is 25.0 Å². The molecular formula is C17H25NO7. The fraction of sp³-hybridized carbons (Fsp3) is 0.529. The van der Waals surface area contributed by atoms with Crippen molar-refractivity contribution < 1.29 is 28.7 Å². The molecule has 0 saturated heterocycles. The summed E-state index contributed by atoms with van der Waals surface area (Å²) >= 11 is 0. The van der Waals surface area contributed by atoms with Gasteiger partial charge in [0, 0.05) is 26.4 Å². The largest absolute Gasteiger partial charge is 0.469 e. The number of hydrogen-bond acceptors (Lipinski definition) is 7. The number of carbonyl (C=O) groups excluding carboxylic acids is 2. The topological polar surface area (TPSA) is 105 Å². The third-order valence-electron chi connectivity index (χ3n) is 3.22. The van der Waals surface area contributed by atoms with E-state index in [0.29, 0.717) is 12.8 Å². The van der Waals surface area contributed by atoms with E-state index in [1.807, 2.05) is 13.8 Å². The van der Waals surface area contributed by atoms with Crippen molar-refractivity contribution in [1.82, 2.24) is 0 Å². The molecule has 0 radical (unpaired) electrons. The van der Waals surface area contributed by atoms with E-state index in [4.69, 9.17) is 4.74 Å². The normalized spacial score (nSPS) is 17.5. The molecule has 1 saturated carbocycles. The van der Waals surface area contributed by atoms with Gasteiger partial charge in [-0.1, -0.05) is 13.8 Å². The summed E-state index contributed by atoms with van der Waals surface area (Å²) in [5.74, 6) is -1.06. The molecule has 0 aliphatic heterocycles. The Balaban J connectivity index is 0.00000104. The van der Waals surface area contributed by atoms with Crippen LogP contribution in [0.5, 0.6) is 0 Å². The Morgan fingerprint density at radius 3 is 1.96 bits per heavy atom. The Labute approximate surface area is 147 Å². The van der Waals surface area contributed by atoms with Crippen LogP contribution in [0, 0.1) is 16.0 Å². The molecule has 2 rings (SSSR count). The van der Waals surface area contributed by atoms with Crippen LogP contribution in [-0.2, 0) is 19.0 Å². The number of non-ortho nitro benzene ring substituents is 1. The fourth-order valence-electron chi connectivity index (χ4n) is 1.96. The molecule has 1 fully saturated rings. The molecule has 0 spiro atoms. The number of rotatable bonds is 4. The zero-order valence-electron chi connectivity index (χ0n) is 15.2. The summed E-state index contributed by atoms with van der Waals surface area (Å²) in [5.41, 5.74) is 0.160.